The van der Waals surface area contributed by atoms with Crippen molar-refractivity contribution in [3.8, 4) is 0 Å². The van der Waals surface area contributed by atoms with Crippen molar-refractivity contribution >= 4 is 12.1 Å². The summed E-state index contributed by atoms with van der Waals surface area (Å²) in [7, 11) is 2.34. The number of esters is 1. The molecule has 4 rings (SSSR count). The Hall–Kier alpha value is -1.51. The molecule has 298 valence electrons. The molecule has 0 aromatic rings. The van der Waals surface area contributed by atoms with Gasteiger partial charge in [0.1, 0.15) is 11.7 Å². The normalized spacial score (nSPS) is 36.6. The van der Waals surface area contributed by atoms with Gasteiger partial charge in [0.05, 0.1) is 63.6 Å². The van der Waals surface area contributed by atoms with E-state index in [0.717, 1.165) is 36.0 Å². The number of nitrogens with zero attached hydrogens (tertiary/aromatic N) is 2. The molecule has 10 nitrogen and oxygen atoms in total. The summed E-state index contributed by atoms with van der Waals surface area (Å²) < 4.78 is 18.9. The average Bonchev–Trinajstić information content (AvgIpc) is 3.90. The van der Waals surface area contributed by atoms with Crippen molar-refractivity contribution in [3.05, 3.63) is 36.0 Å². The minimum absolute atomic E-state index is 0. The smallest absolute Gasteiger partial charge is 0.410 e. The molecule has 1 amide bonds. The lowest BCUT2D eigenvalue weighted by atomic mass is 9.88. The third-order valence-corrected chi connectivity index (χ3v) is 12.3. The molecule has 3 heterocycles. The Labute approximate surface area is 330 Å². The number of quaternary nitrogens is 1. The first-order valence-electron chi connectivity index (χ1n) is 19.9. The van der Waals surface area contributed by atoms with Crippen LogP contribution in [0.5, 0.6) is 0 Å². The Morgan fingerprint density at radius 3 is 2.54 bits per heavy atom. The molecule has 0 bridgehead atoms. The Kier molecular flexibility index (Phi) is 17.6. The average molecular weight is 845 g/mol. The van der Waals surface area contributed by atoms with Crippen LogP contribution in [0.1, 0.15) is 112 Å². The molecular formula is C41H69IN2O8. The second-order valence-electron chi connectivity index (χ2n) is 16.8. The molecule has 0 aromatic heterocycles. The molecular weight excluding hydrogens is 775 g/mol. The highest BCUT2D eigenvalue weighted by Crippen LogP contribution is 2.37. The lowest BCUT2D eigenvalue weighted by Crippen LogP contribution is -3.00. The number of rotatable bonds is 10. The van der Waals surface area contributed by atoms with Gasteiger partial charge in [-0.2, -0.15) is 0 Å². The zero-order valence-corrected chi connectivity index (χ0v) is 35.1. The van der Waals surface area contributed by atoms with E-state index in [4.69, 9.17) is 14.2 Å². The summed E-state index contributed by atoms with van der Waals surface area (Å²) in [5.74, 6) is -0.433. The van der Waals surface area contributed by atoms with Crippen LogP contribution in [0, 0.1) is 17.8 Å². The van der Waals surface area contributed by atoms with Crippen LogP contribution in [0.4, 0.5) is 4.79 Å². The molecule has 1 unspecified atom stereocenters. The van der Waals surface area contributed by atoms with Gasteiger partial charge in [-0.05, 0) is 82.8 Å². The molecule has 11 atom stereocenters. The van der Waals surface area contributed by atoms with E-state index in [2.05, 4.69) is 20.0 Å². The molecule has 2 saturated heterocycles. The van der Waals surface area contributed by atoms with Crippen molar-refractivity contribution in [2.75, 3.05) is 33.2 Å². The van der Waals surface area contributed by atoms with Crippen molar-refractivity contribution in [1.29, 1.82) is 0 Å². The van der Waals surface area contributed by atoms with Gasteiger partial charge in [0, 0.05) is 24.8 Å². The van der Waals surface area contributed by atoms with E-state index in [1.54, 1.807) is 17.9 Å². The van der Waals surface area contributed by atoms with E-state index < -0.39 is 36.0 Å². The van der Waals surface area contributed by atoms with Crippen LogP contribution < -0.4 is 24.0 Å². The minimum Gasteiger partial charge on any atom is -1.00 e. The maximum Gasteiger partial charge on any atom is 0.410 e. The van der Waals surface area contributed by atoms with Gasteiger partial charge in [-0.3, -0.25) is 4.79 Å². The zero-order chi connectivity index (χ0) is 37.3. The van der Waals surface area contributed by atoms with Crippen molar-refractivity contribution < 1.29 is 67.6 Å². The lowest BCUT2D eigenvalue weighted by Gasteiger charge is -2.42. The highest BCUT2D eigenvalue weighted by molar-refractivity contribution is 5.70. The fourth-order valence-corrected chi connectivity index (χ4v) is 8.42. The number of hydrogen-bond donors (Lipinski definition) is 3. The number of carbonyl (C=O) groups is 2. The van der Waals surface area contributed by atoms with E-state index in [1.165, 1.54) is 32.1 Å². The standard InChI is InChI=1S/C41H69N2O8.HI/c1-8-34(45)31(5)39-35(49-39)26-28(2)14-12-15-29(3)38-30(4)18-19-36(41(6,48)21-20-33(44)27-37(46)51-38)50-40(47)42-22-13-24-43(7,25-23-42)32-16-10-9-11-17-32;/h12,14-15,18-19,28,30-36,38-39,44-45,48H,8-11,13,16-17,20-27H2,1-7H3;1H/q+1;/p-1/b14-12+,19-18+,29-15+;/t28-,30+,31-,33-,34+,35-,36+,38-,39-,41-,43?;/m1./s1. The summed E-state index contributed by atoms with van der Waals surface area (Å²) >= 11 is 0. The molecule has 4 aliphatic rings. The van der Waals surface area contributed by atoms with Crippen LogP contribution in [0.15, 0.2) is 36.0 Å². The van der Waals surface area contributed by atoms with E-state index in [9.17, 15) is 24.9 Å². The number of aliphatic hydroxyl groups excluding tert-OH is 2. The van der Waals surface area contributed by atoms with Gasteiger partial charge in [-0.25, -0.2) is 4.79 Å². The number of likely N-dealkylation sites (N-methyl/N-ethyl adjacent to an activating group) is 1. The first-order valence-corrected chi connectivity index (χ1v) is 19.9. The van der Waals surface area contributed by atoms with Gasteiger partial charge < -0.3 is 62.9 Å². The van der Waals surface area contributed by atoms with Crippen LogP contribution in [0.25, 0.3) is 0 Å². The predicted octanol–water partition coefficient (Wildman–Crippen LogP) is 3.08. The number of epoxide rings is 1. The third kappa shape index (κ3) is 12.8. The Morgan fingerprint density at radius 1 is 1.13 bits per heavy atom. The molecule has 0 radical (unpaired) electrons. The van der Waals surface area contributed by atoms with Gasteiger partial charge in [-0.1, -0.05) is 58.4 Å². The lowest BCUT2D eigenvalue weighted by molar-refractivity contribution is -0.932. The Morgan fingerprint density at radius 2 is 1.85 bits per heavy atom. The number of halogens is 1. The third-order valence-electron chi connectivity index (χ3n) is 12.3. The minimum atomic E-state index is -1.45. The van der Waals surface area contributed by atoms with Crippen molar-refractivity contribution in [1.82, 2.24) is 4.90 Å². The zero-order valence-electron chi connectivity index (χ0n) is 32.9. The summed E-state index contributed by atoms with van der Waals surface area (Å²) in [5.41, 5.74) is -0.621. The second-order valence-corrected chi connectivity index (χ2v) is 16.8. The van der Waals surface area contributed by atoms with Gasteiger partial charge in [-0.15, -0.1) is 0 Å². The molecule has 0 aromatic carbocycles. The number of allylic oxidation sites excluding steroid dienone is 3. The molecule has 3 N–H and O–H groups in total. The van der Waals surface area contributed by atoms with E-state index >= 15 is 0 Å². The Bertz CT molecular complexity index is 1240. The maximum atomic E-state index is 13.7. The molecule has 3 fully saturated rings. The fourth-order valence-electron chi connectivity index (χ4n) is 8.42. The first kappa shape index (κ1) is 44.9. The van der Waals surface area contributed by atoms with Gasteiger partial charge in [0.25, 0.3) is 0 Å². The molecule has 52 heavy (non-hydrogen) atoms. The SMILES string of the molecule is CC[C@H](O)[C@@H](C)[C@H]1O[C@@H]1C[C@H](C)/C=C/C=C(\C)[C@H]1OC(=O)C[C@H](O)CC[C@@](C)(O)[C@@H](OC(=O)N2CCC[N+](C)(C3CCCCC3)CC2)/C=C/[C@@H]1C.[I-]. The number of ether oxygens (including phenoxy) is 3. The van der Waals surface area contributed by atoms with Gasteiger partial charge in [0.15, 0.2) is 6.10 Å². The summed E-state index contributed by atoms with van der Waals surface area (Å²) in [5, 5.41) is 32.5. The highest BCUT2D eigenvalue weighted by Gasteiger charge is 2.45. The number of hydrogen-bond acceptors (Lipinski definition) is 8. The van der Waals surface area contributed by atoms with Crippen LogP contribution >= 0.6 is 0 Å². The predicted molar refractivity (Wildman–Crippen MR) is 199 cm³/mol. The number of amides is 1. The largest absolute Gasteiger partial charge is 1.00 e. The van der Waals surface area contributed by atoms with Crippen molar-refractivity contribution in [2.45, 2.75) is 160 Å². The Balaban J connectivity index is 0.00000729. The van der Waals surface area contributed by atoms with Crippen LogP contribution in [-0.4, -0.2) is 118 Å². The summed E-state index contributed by atoms with van der Waals surface area (Å²) in [4.78, 5) is 28.4. The van der Waals surface area contributed by atoms with E-state index in [-0.39, 0.29) is 79.3 Å². The number of carbonyl (C=O) groups excluding carboxylic acids is 2. The monoisotopic (exact) mass is 844 g/mol. The molecule has 1 aliphatic carbocycles. The molecule has 3 aliphatic heterocycles. The quantitative estimate of drug-likeness (QED) is 0.0766. The van der Waals surface area contributed by atoms with E-state index in [1.807, 2.05) is 45.9 Å². The van der Waals surface area contributed by atoms with Crippen LogP contribution in [-0.2, 0) is 19.0 Å². The fraction of sp³-hybridized carbons (Fsp3) is 0.805. The first-order chi connectivity index (χ1) is 24.1. The highest BCUT2D eigenvalue weighted by atomic mass is 127. The summed E-state index contributed by atoms with van der Waals surface area (Å²) in [6.45, 7) is 14.8. The molecule has 0 spiro atoms. The van der Waals surface area contributed by atoms with Crippen molar-refractivity contribution in [2.24, 2.45) is 17.8 Å². The van der Waals surface area contributed by atoms with Crippen molar-refractivity contribution in [3.63, 3.8) is 0 Å². The maximum absolute atomic E-state index is 13.7. The number of cyclic esters (lactones) is 1. The topological polar surface area (TPSA) is 129 Å². The molecule has 11 heteroatoms. The van der Waals surface area contributed by atoms with Gasteiger partial charge in [0.2, 0.25) is 0 Å². The van der Waals surface area contributed by atoms with Crippen LogP contribution in [0.3, 0.4) is 0 Å². The molecule has 1 saturated carbocycles. The summed E-state index contributed by atoms with van der Waals surface area (Å²) in [6, 6.07) is 0.649. The second kappa shape index (κ2) is 20.4. The summed E-state index contributed by atoms with van der Waals surface area (Å²) in [6.07, 6.45) is 15.5. The van der Waals surface area contributed by atoms with E-state index in [0.29, 0.717) is 25.6 Å². The van der Waals surface area contributed by atoms with Gasteiger partial charge >= 0.3 is 12.1 Å². The van der Waals surface area contributed by atoms with Crippen LogP contribution in [0.2, 0.25) is 0 Å². The number of aliphatic hydroxyl groups is 3.